The van der Waals surface area contributed by atoms with Crippen molar-refractivity contribution in [3.8, 4) is 5.88 Å². The highest BCUT2D eigenvalue weighted by molar-refractivity contribution is 5.96. The monoisotopic (exact) mass is 673 g/mol. The molecular formula is C34H45F2N5O7. The molecular weight excluding hydrogens is 628 g/mol. The lowest BCUT2D eigenvalue weighted by atomic mass is 10.0. The van der Waals surface area contributed by atoms with Crippen molar-refractivity contribution < 1.29 is 42.2 Å². The van der Waals surface area contributed by atoms with Crippen molar-refractivity contribution in [3.05, 3.63) is 30.0 Å². The molecule has 262 valence electrons. The second-order valence-corrected chi connectivity index (χ2v) is 14.0. The molecule has 5 rings (SSSR count). The van der Waals surface area contributed by atoms with E-state index >= 15 is 8.78 Å². The van der Waals surface area contributed by atoms with E-state index in [1.807, 2.05) is 18.2 Å². The van der Waals surface area contributed by atoms with Gasteiger partial charge in [0.15, 0.2) is 0 Å². The minimum atomic E-state index is -3.06. The van der Waals surface area contributed by atoms with Crippen LogP contribution in [0.5, 0.6) is 5.88 Å². The number of aromatic nitrogens is 2. The molecule has 2 aliphatic heterocycles. The number of alkyl halides is 2. The Morgan fingerprint density at radius 3 is 2.48 bits per heavy atom. The third kappa shape index (κ3) is 8.12. The number of esters is 1. The predicted octanol–water partition coefficient (Wildman–Crippen LogP) is 4.61. The molecule has 3 heterocycles. The Hall–Kier alpha value is -4.10. The number of carbonyl (C=O) groups excluding carboxylic acids is 4. The first-order valence-electron chi connectivity index (χ1n) is 16.7. The third-order valence-electron chi connectivity index (χ3n) is 8.99. The third-order valence-corrected chi connectivity index (χ3v) is 8.99. The molecule has 1 aliphatic carbocycles. The molecule has 0 bridgehead atoms. The zero-order valence-corrected chi connectivity index (χ0v) is 28.1. The van der Waals surface area contributed by atoms with E-state index in [0.717, 1.165) is 0 Å². The van der Waals surface area contributed by atoms with Gasteiger partial charge in [0.05, 0.1) is 24.2 Å². The number of carbonyl (C=O) groups is 4. The van der Waals surface area contributed by atoms with Gasteiger partial charge in [0, 0.05) is 25.2 Å². The second-order valence-electron chi connectivity index (χ2n) is 14.0. The number of ether oxygens (including phenoxy) is 3. The average molecular weight is 674 g/mol. The summed E-state index contributed by atoms with van der Waals surface area (Å²) in [5.41, 5.74) is -0.662. The van der Waals surface area contributed by atoms with Gasteiger partial charge in [-0.2, -0.15) is 0 Å². The van der Waals surface area contributed by atoms with E-state index < -0.39 is 77.9 Å². The maximum absolute atomic E-state index is 15.1. The summed E-state index contributed by atoms with van der Waals surface area (Å²) >= 11 is 0. The Bertz CT molecular complexity index is 1550. The number of hydrogen-bond donors (Lipinski definition) is 2. The molecule has 0 radical (unpaired) electrons. The molecule has 3 fully saturated rings. The largest absolute Gasteiger partial charge is 0.471 e. The fourth-order valence-corrected chi connectivity index (χ4v) is 6.59. The molecule has 2 aromatic rings. The lowest BCUT2D eigenvalue weighted by Gasteiger charge is -2.30. The topological polar surface area (TPSA) is 149 Å². The lowest BCUT2D eigenvalue weighted by molar-refractivity contribution is -0.150. The second kappa shape index (κ2) is 13.8. The Morgan fingerprint density at radius 1 is 1.08 bits per heavy atom. The van der Waals surface area contributed by atoms with Crippen LogP contribution in [0.15, 0.2) is 24.3 Å². The van der Waals surface area contributed by atoms with Gasteiger partial charge in [0.25, 0.3) is 0 Å². The highest BCUT2D eigenvalue weighted by Gasteiger charge is 2.65. The molecule has 3 aliphatic rings. The molecule has 1 aromatic heterocycles. The van der Waals surface area contributed by atoms with Crippen molar-refractivity contribution in [1.29, 1.82) is 0 Å². The van der Waals surface area contributed by atoms with Gasteiger partial charge in [-0.25, -0.2) is 28.3 Å². The van der Waals surface area contributed by atoms with Crippen molar-refractivity contribution >= 4 is 34.9 Å². The summed E-state index contributed by atoms with van der Waals surface area (Å²) in [6.45, 7) is 8.39. The van der Waals surface area contributed by atoms with Crippen LogP contribution in [0, 0.1) is 12.8 Å². The van der Waals surface area contributed by atoms with Gasteiger partial charge in [0.1, 0.15) is 35.0 Å². The van der Waals surface area contributed by atoms with Crippen LogP contribution < -0.4 is 15.4 Å². The van der Waals surface area contributed by atoms with Crippen LogP contribution in [0.2, 0.25) is 0 Å². The van der Waals surface area contributed by atoms with Crippen molar-refractivity contribution in [1.82, 2.24) is 25.5 Å². The fourth-order valence-electron chi connectivity index (χ4n) is 6.59. The summed E-state index contributed by atoms with van der Waals surface area (Å²) in [6.07, 6.45) is -1.41. The summed E-state index contributed by atoms with van der Waals surface area (Å²) < 4.78 is 47.1. The Labute approximate surface area is 278 Å². The molecule has 5 atom stereocenters. The average Bonchev–Trinajstić information content (AvgIpc) is 3.49. The summed E-state index contributed by atoms with van der Waals surface area (Å²) in [4.78, 5) is 64.8. The van der Waals surface area contributed by atoms with E-state index in [9.17, 15) is 19.2 Å². The van der Waals surface area contributed by atoms with E-state index in [-0.39, 0.29) is 44.7 Å². The van der Waals surface area contributed by atoms with Crippen LogP contribution in [0.4, 0.5) is 13.6 Å². The number of nitrogens with zero attached hydrogens (tertiary/aromatic N) is 3. The maximum atomic E-state index is 15.1. The minimum absolute atomic E-state index is 0.00244. The molecule has 0 spiro atoms. The highest BCUT2D eigenvalue weighted by atomic mass is 19.3. The van der Waals surface area contributed by atoms with E-state index in [2.05, 4.69) is 20.6 Å². The first-order chi connectivity index (χ1) is 22.6. The predicted molar refractivity (Wildman–Crippen MR) is 170 cm³/mol. The first kappa shape index (κ1) is 35.2. The Balaban J connectivity index is 1.46. The van der Waals surface area contributed by atoms with Crippen LogP contribution in [-0.2, 0) is 23.9 Å². The van der Waals surface area contributed by atoms with Crippen molar-refractivity contribution in [2.45, 2.75) is 121 Å². The van der Waals surface area contributed by atoms with Gasteiger partial charge in [-0.3, -0.25) is 9.59 Å². The van der Waals surface area contributed by atoms with Gasteiger partial charge in [-0.05, 0) is 66.0 Å². The summed E-state index contributed by atoms with van der Waals surface area (Å²) in [7, 11) is 0. The number of nitrogens with one attached hydrogen (secondary N) is 2. The van der Waals surface area contributed by atoms with Crippen LogP contribution in [-0.4, -0.2) is 87.1 Å². The Morgan fingerprint density at radius 2 is 1.79 bits per heavy atom. The SMILES string of the molecule is CCOC(=O)C12CC1CC(F)(F)CCCCCC(NC(=O)OC(C)(C)C)C(=O)N1CC(Oc3nc4ccccc4nc3C)CC1C(=O)N2. The van der Waals surface area contributed by atoms with Crippen molar-refractivity contribution in [2.24, 2.45) is 5.92 Å². The van der Waals surface area contributed by atoms with Gasteiger partial charge >= 0.3 is 12.1 Å². The smallest absolute Gasteiger partial charge is 0.408 e. The molecule has 14 heteroatoms. The minimum Gasteiger partial charge on any atom is -0.471 e. The number of para-hydroxylation sites is 2. The summed E-state index contributed by atoms with van der Waals surface area (Å²) in [5, 5.41) is 5.37. The normalized spacial score (nSPS) is 27.9. The summed E-state index contributed by atoms with van der Waals surface area (Å²) in [5.74, 6) is -5.67. The number of rotatable bonds is 5. The number of aryl methyl sites for hydroxylation is 1. The van der Waals surface area contributed by atoms with Crippen LogP contribution in [0.25, 0.3) is 11.0 Å². The molecule has 1 saturated carbocycles. The molecule has 12 nitrogen and oxygen atoms in total. The molecule has 5 unspecified atom stereocenters. The standard InChI is InChI=1S/C34H45F2N5O7/c1-6-46-30(44)34-18-21(34)17-33(35,36)15-11-7-8-14-25(39-31(45)48-32(3,4)5)29(43)41-19-22(16-26(41)27(42)40-34)47-28-20(2)37-23-12-9-10-13-24(23)38-28/h9-10,12-13,21-22,25-26H,6-8,11,14-19H2,1-5H3,(H,39,45)(H,40,42). The maximum Gasteiger partial charge on any atom is 0.408 e. The molecule has 1 aromatic carbocycles. The molecule has 3 amide bonds. The van der Waals surface area contributed by atoms with Gasteiger partial charge in [-0.15, -0.1) is 0 Å². The molecule has 48 heavy (non-hydrogen) atoms. The van der Waals surface area contributed by atoms with E-state index in [1.165, 1.54) is 4.90 Å². The highest BCUT2D eigenvalue weighted by Crippen LogP contribution is 2.51. The van der Waals surface area contributed by atoms with Gasteiger partial charge < -0.3 is 29.7 Å². The van der Waals surface area contributed by atoms with Crippen LogP contribution in [0.3, 0.4) is 0 Å². The van der Waals surface area contributed by atoms with Crippen LogP contribution >= 0.6 is 0 Å². The lowest BCUT2D eigenvalue weighted by Crippen LogP contribution is -2.57. The number of benzene rings is 1. The zero-order valence-electron chi connectivity index (χ0n) is 28.1. The number of fused-ring (bicyclic) bond motifs is 3. The van der Waals surface area contributed by atoms with E-state index in [0.29, 0.717) is 29.6 Å². The number of halogens is 2. The number of hydrogen-bond acceptors (Lipinski definition) is 9. The van der Waals surface area contributed by atoms with E-state index in [1.54, 1.807) is 40.7 Å². The van der Waals surface area contributed by atoms with Crippen molar-refractivity contribution in [2.75, 3.05) is 13.2 Å². The summed E-state index contributed by atoms with van der Waals surface area (Å²) in [6, 6.07) is 5.05. The van der Waals surface area contributed by atoms with Gasteiger partial charge in [-0.1, -0.05) is 25.0 Å². The van der Waals surface area contributed by atoms with Crippen LogP contribution in [0.1, 0.15) is 84.8 Å². The number of amides is 3. The van der Waals surface area contributed by atoms with Crippen molar-refractivity contribution in [3.63, 3.8) is 0 Å². The first-order valence-corrected chi connectivity index (χ1v) is 16.7. The van der Waals surface area contributed by atoms with Gasteiger partial charge in [0.2, 0.25) is 23.6 Å². The quantitative estimate of drug-likeness (QED) is 0.434. The molecule has 2 saturated heterocycles. The Kier molecular flexibility index (Phi) is 10.1. The fraction of sp³-hybridized carbons (Fsp3) is 0.647. The zero-order chi connectivity index (χ0) is 34.9. The number of alkyl carbamates (subject to hydrolysis) is 1. The van der Waals surface area contributed by atoms with E-state index in [4.69, 9.17) is 14.2 Å². The molecule has 2 N–H and O–H groups in total.